The molecule has 0 amide bonds. The third-order valence-corrected chi connectivity index (χ3v) is 3.53. The number of rotatable bonds is 3. The van der Waals surface area contributed by atoms with Crippen LogP contribution in [0, 0.1) is 17.8 Å². The first-order valence-corrected chi connectivity index (χ1v) is 6.06. The Labute approximate surface area is 80.5 Å². The molecule has 0 N–H and O–H groups in total. The first kappa shape index (κ1) is 10.4. The molecule has 1 rings (SSSR count). The Morgan fingerprint density at radius 2 is 1.83 bits per heavy atom. The van der Waals surface area contributed by atoms with Crippen LogP contribution in [0.4, 0.5) is 0 Å². The van der Waals surface area contributed by atoms with Gasteiger partial charge in [0.2, 0.25) is 0 Å². The zero-order valence-corrected chi connectivity index (χ0v) is 9.19. The average Bonchev–Trinajstić information content (AvgIpc) is 2.04. The number of hydrogen-bond acceptors (Lipinski definition) is 2. The summed E-state index contributed by atoms with van der Waals surface area (Å²) in [5, 5.41) is 0. The van der Waals surface area contributed by atoms with E-state index in [-0.39, 0.29) is 0 Å². The molecule has 0 saturated heterocycles. The lowest BCUT2D eigenvalue weighted by Gasteiger charge is -2.33. The molecule has 0 heterocycles. The molecule has 0 unspecified atom stereocenters. The molecule has 0 aliphatic heterocycles. The predicted molar refractivity (Wildman–Crippen MR) is 55.1 cm³/mol. The minimum absolute atomic E-state index is 0.797. The minimum atomic E-state index is 0.797. The maximum Gasteiger partial charge on any atom is 0.0647 e. The van der Waals surface area contributed by atoms with Crippen molar-refractivity contribution in [3.8, 4) is 0 Å². The van der Waals surface area contributed by atoms with Crippen molar-refractivity contribution < 1.29 is 4.18 Å². The fourth-order valence-corrected chi connectivity index (χ4v) is 2.52. The van der Waals surface area contributed by atoms with Gasteiger partial charge < -0.3 is 4.18 Å². The standard InChI is InChI=1S/C10H20OS/c1-8-5-4-6-9(2)10(8)7-11-12-3/h8-10H,4-7H2,1-3H3/t8-,9+,10+. The highest BCUT2D eigenvalue weighted by Gasteiger charge is 2.27. The van der Waals surface area contributed by atoms with E-state index in [2.05, 4.69) is 13.8 Å². The molecule has 2 heteroatoms. The Morgan fingerprint density at radius 3 is 2.33 bits per heavy atom. The van der Waals surface area contributed by atoms with Crippen LogP contribution in [0.15, 0.2) is 0 Å². The molecule has 1 saturated carbocycles. The van der Waals surface area contributed by atoms with Gasteiger partial charge in [0.1, 0.15) is 0 Å². The maximum atomic E-state index is 5.43. The van der Waals surface area contributed by atoms with Crippen molar-refractivity contribution in [1.29, 1.82) is 0 Å². The van der Waals surface area contributed by atoms with Crippen molar-refractivity contribution in [2.75, 3.05) is 12.9 Å². The van der Waals surface area contributed by atoms with Crippen LogP contribution < -0.4 is 0 Å². The molecular formula is C10H20OS. The first-order chi connectivity index (χ1) is 5.75. The molecule has 3 atom stereocenters. The van der Waals surface area contributed by atoms with E-state index in [1.165, 1.54) is 31.3 Å². The molecule has 12 heavy (non-hydrogen) atoms. The highest BCUT2D eigenvalue weighted by molar-refractivity contribution is 7.93. The zero-order chi connectivity index (χ0) is 8.97. The zero-order valence-electron chi connectivity index (χ0n) is 8.38. The third-order valence-electron chi connectivity index (χ3n) is 3.16. The normalized spacial score (nSPS) is 36.8. The van der Waals surface area contributed by atoms with Gasteiger partial charge in [0.05, 0.1) is 6.61 Å². The van der Waals surface area contributed by atoms with Crippen LogP contribution >= 0.6 is 12.0 Å². The van der Waals surface area contributed by atoms with Crippen molar-refractivity contribution in [3.63, 3.8) is 0 Å². The van der Waals surface area contributed by atoms with E-state index in [4.69, 9.17) is 4.18 Å². The van der Waals surface area contributed by atoms with Gasteiger partial charge >= 0.3 is 0 Å². The summed E-state index contributed by atoms with van der Waals surface area (Å²) in [5.41, 5.74) is 0. The average molecular weight is 188 g/mol. The van der Waals surface area contributed by atoms with Gasteiger partial charge in [-0.25, -0.2) is 0 Å². The van der Waals surface area contributed by atoms with E-state index in [0.29, 0.717) is 0 Å². The fourth-order valence-electron chi connectivity index (χ4n) is 2.23. The second-order valence-corrected chi connectivity index (χ2v) is 4.57. The summed E-state index contributed by atoms with van der Waals surface area (Å²) < 4.78 is 5.43. The topological polar surface area (TPSA) is 9.23 Å². The Kier molecular flexibility index (Phi) is 4.44. The van der Waals surface area contributed by atoms with E-state index in [9.17, 15) is 0 Å². The van der Waals surface area contributed by atoms with E-state index < -0.39 is 0 Å². The molecule has 0 aromatic carbocycles. The minimum Gasteiger partial charge on any atom is -0.315 e. The summed E-state index contributed by atoms with van der Waals surface area (Å²) in [6.07, 6.45) is 6.20. The molecule has 0 spiro atoms. The molecule has 0 aromatic rings. The van der Waals surface area contributed by atoms with Crippen molar-refractivity contribution in [3.05, 3.63) is 0 Å². The summed E-state index contributed by atoms with van der Waals surface area (Å²) in [4.78, 5) is 0. The Balaban J connectivity index is 2.34. The number of hydrogen-bond donors (Lipinski definition) is 0. The summed E-state index contributed by atoms with van der Waals surface area (Å²) in [6, 6.07) is 0. The van der Waals surface area contributed by atoms with Gasteiger partial charge in [0, 0.05) is 6.26 Å². The smallest absolute Gasteiger partial charge is 0.0647 e. The second-order valence-electron chi connectivity index (χ2n) is 4.00. The molecule has 1 fully saturated rings. The SMILES string of the molecule is CSOC[C@H]1[C@H](C)CCC[C@@H]1C. The maximum absolute atomic E-state index is 5.43. The van der Waals surface area contributed by atoms with Crippen LogP contribution in [0.2, 0.25) is 0 Å². The van der Waals surface area contributed by atoms with Crippen molar-refractivity contribution >= 4 is 12.0 Å². The van der Waals surface area contributed by atoms with Gasteiger partial charge in [-0.1, -0.05) is 33.1 Å². The predicted octanol–water partition coefficient (Wildman–Crippen LogP) is 3.35. The van der Waals surface area contributed by atoms with Gasteiger partial charge in [-0.05, 0) is 29.8 Å². The Bertz CT molecular complexity index is 117. The lowest BCUT2D eigenvalue weighted by molar-refractivity contribution is 0.122. The summed E-state index contributed by atoms with van der Waals surface area (Å²) in [7, 11) is 0. The molecule has 0 aromatic heterocycles. The second kappa shape index (κ2) is 5.13. The molecular weight excluding hydrogens is 168 g/mol. The van der Waals surface area contributed by atoms with E-state index in [1.807, 2.05) is 6.26 Å². The third kappa shape index (κ3) is 2.67. The van der Waals surface area contributed by atoms with Gasteiger partial charge in [-0.15, -0.1) is 0 Å². The van der Waals surface area contributed by atoms with E-state index in [1.54, 1.807) is 0 Å². The van der Waals surface area contributed by atoms with Crippen LogP contribution in [0.1, 0.15) is 33.1 Å². The molecule has 0 radical (unpaired) electrons. The Hall–Kier alpha value is 0.310. The molecule has 1 aliphatic carbocycles. The molecule has 1 aliphatic rings. The fraction of sp³-hybridized carbons (Fsp3) is 1.00. The van der Waals surface area contributed by atoms with Crippen molar-refractivity contribution in [2.24, 2.45) is 17.8 Å². The van der Waals surface area contributed by atoms with Crippen molar-refractivity contribution in [1.82, 2.24) is 0 Å². The van der Waals surface area contributed by atoms with Gasteiger partial charge in [0.25, 0.3) is 0 Å². The quantitative estimate of drug-likeness (QED) is 0.628. The molecule has 72 valence electrons. The first-order valence-electron chi connectivity index (χ1n) is 4.91. The lowest BCUT2D eigenvalue weighted by Crippen LogP contribution is -2.28. The largest absolute Gasteiger partial charge is 0.315 e. The highest BCUT2D eigenvalue weighted by Crippen LogP contribution is 2.34. The van der Waals surface area contributed by atoms with Gasteiger partial charge in [0.15, 0.2) is 0 Å². The molecule has 0 bridgehead atoms. The van der Waals surface area contributed by atoms with Gasteiger partial charge in [-0.3, -0.25) is 0 Å². The monoisotopic (exact) mass is 188 g/mol. The van der Waals surface area contributed by atoms with E-state index in [0.717, 1.165) is 24.4 Å². The van der Waals surface area contributed by atoms with Crippen LogP contribution in [0.5, 0.6) is 0 Å². The van der Waals surface area contributed by atoms with E-state index >= 15 is 0 Å². The van der Waals surface area contributed by atoms with Crippen LogP contribution in [0.3, 0.4) is 0 Å². The van der Waals surface area contributed by atoms with Gasteiger partial charge in [-0.2, -0.15) is 0 Å². The molecule has 1 nitrogen and oxygen atoms in total. The van der Waals surface area contributed by atoms with Crippen LogP contribution in [0.25, 0.3) is 0 Å². The van der Waals surface area contributed by atoms with Crippen LogP contribution in [-0.4, -0.2) is 12.9 Å². The summed E-state index contributed by atoms with van der Waals surface area (Å²) in [5.74, 6) is 2.52. The summed E-state index contributed by atoms with van der Waals surface area (Å²) >= 11 is 1.50. The summed E-state index contributed by atoms with van der Waals surface area (Å²) in [6.45, 7) is 5.68. The Morgan fingerprint density at radius 1 is 1.25 bits per heavy atom. The lowest BCUT2D eigenvalue weighted by atomic mass is 9.74. The highest BCUT2D eigenvalue weighted by atomic mass is 32.2. The van der Waals surface area contributed by atoms with Crippen molar-refractivity contribution in [2.45, 2.75) is 33.1 Å². The van der Waals surface area contributed by atoms with Crippen LogP contribution in [-0.2, 0) is 4.18 Å².